The van der Waals surface area contributed by atoms with Gasteiger partial charge < -0.3 is 56.2 Å². The maximum Gasteiger partial charge on any atom is 1.00 e. The summed E-state index contributed by atoms with van der Waals surface area (Å²) in [5.74, 6) is -0.371. The van der Waals surface area contributed by atoms with Gasteiger partial charge in [-0.3, -0.25) is 58.7 Å². The summed E-state index contributed by atoms with van der Waals surface area (Å²) in [4.78, 5) is 112. The zero-order chi connectivity index (χ0) is 78.2. The number of benzene rings is 6. The van der Waals surface area contributed by atoms with Crippen LogP contribution in [0.2, 0.25) is 15.1 Å². The molecule has 9 aromatic heterocycles. The summed E-state index contributed by atoms with van der Waals surface area (Å²) in [6.45, 7) is 0.906. The number of carbonyl (C=O) groups excluding carboxylic acids is 6. The molecule has 0 spiro atoms. The minimum absolute atomic E-state index is 0. The molecule has 9 heterocycles. The molecule has 0 unspecified atom stereocenters. The van der Waals surface area contributed by atoms with Crippen LogP contribution in [0.3, 0.4) is 0 Å². The fraction of sp³-hybridized carbons (Fsp3) is 0.0732. The number of anilines is 3. The van der Waals surface area contributed by atoms with E-state index >= 15 is 0 Å². The average Bonchev–Trinajstić information content (AvgIpc) is 0.788. The van der Waals surface area contributed by atoms with E-state index in [0.717, 1.165) is 71.1 Å². The number of pyridine rings is 9. The SMILES string of the molecule is N#Cc1cc(Cc2cc(C(=O)NCc3ccc4c(N)nccc4c3)ccn2)cc2cc(Cl)cnc12.NC(=O)c1cc(Cc2cc(C(=O)NCc3ccc4c(N)nccc4c3)ccn2)cc2cc(Cl)cnc12.NC(=O)c1cc(Cc2cc(C(=O)NCc3ccc4c(N)nccc4c3)ccn2)cc2cc(Cl)cnc12.O=CO[O-].[H-].[K+].[K+]. The topological polar surface area (TPSA) is 441 Å². The molecule has 0 saturated carbocycles. The molecule has 31 heteroatoms. The number of hydrogen-bond acceptors (Lipinski definition) is 21. The van der Waals surface area contributed by atoms with Gasteiger partial charge in [0.1, 0.15) is 23.5 Å². The number of amides is 5. The van der Waals surface area contributed by atoms with Crippen LogP contribution < -0.4 is 153 Å². The summed E-state index contributed by atoms with van der Waals surface area (Å²) in [6, 6.07) is 51.6. The van der Waals surface area contributed by atoms with Crippen molar-refractivity contribution in [3.8, 4) is 6.07 Å². The number of nitrogens with one attached hydrogen (secondary N) is 3. The van der Waals surface area contributed by atoms with Crippen LogP contribution in [0.5, 0.6) is 0 Å². The van der Waals surface area contributed by atoms with Crippen LogP contribution in [0.4, 0.5) is 17.5 Å². The number of nitrogen functional groups attached to an aromatic ring is 3. The number of fused-ring (bicyclic) bond motifs is 6. The maximum atomic E-state index is 12.8. The smallest absolute Gasteiger partial charge is 1.00 e. The van der Waals surface area contributed by atoms with E-state index in [4.69, 9.17) is 73.5 Å². The zero-order valence-electron chi connectivity index (χ0n) is 61.4. The average molecular weight is 1610 g/mol. The zero-order valence-corrected chi connectivity index (χ0v) is 68.9. The van der Waals surface area contributed by atoms with Crippen molar-refractivity contribution in [2.45, 2.75) is 38.9 Å². The van der Waals surface area contributed by atoms with Gasteiger partial charge in [-0.15, -0.1) is 0 Å². The molecular weight excluding hydrogens is 1550 g/mol. The van der Waals surface area contributed by atoms with Crippen molar-refractivity contribution in [3.05, 3.63) is 318 Å². The van der Waals surface area contributed by atoms with Gasteiger partial charge in [-0.25, -0.2) is 15.0 Å². The molecule has 5 amide bonds. The number of nitriles is 1. The van der Waals surface area contributed by atoms with Gasteiger partial charge in [-0.2, -0.15) is 5.26 Å². The number of aromatic nitrogens is 9. The van der Waals surface area contributed by atoms with Gasteiger partial charge in [0.25, 0.3) is 36.0 Å². The fourth-order valence-electron chi connectivity index (χ4n) is 12.3. The quantitative estimate of drug-likeness (QED) is 0.0230. The number of nitrogens with zero attached hydrogens (tertiary/aromatic N) is 10. The second kappa shape index (κ2) is 39.5. The van der Waals surface area contributed by atoms with Gasteiger partial charge >= 0.3 is 103 Å². The molecular formula is C82H63Cl3K2N18O8. The van der Waals surface area contributed by atoms with Gasteiger partial charge in [-0.1, -0.05) is 71.2 Å². The number of carbonyl (C=O) groups is 6. The monoisotopic (exact) mass is 1610 g/mol. The first kappa shape index (κ1) is 84.5. The summed E-state index contributed by atoms with van der Waals surface area (Å²) in [5, 5.41) is 35.9. The normalized spacial score (nSPS) is 10.6. The molecule has 0 aliphatic heterocycles. The number of primary amides is 2. The van der Waals surface area contributed by atoms with Gasteiger partial charge in [0.2, 0.25) is 0 Å². The predicted octanol–water partition coefficient (Wildman–Crippen LogP) is 5.43. The standard InChI is InChI=1S/2C27H21ClN6O2.C27H19ClN6O.CH2O3.2K.H/c2*28-20-11-19-8-16(10-23(26(30)35)24(19)33-14-20)9-21-12-18(4-5-31-21)27(36)34-13-15-1-2-22-17(7-15)3-6-32-25(22)29;28-22-11-20-8-17(9-21(13-29)25(20)33-15-22)10-23-12-19(4-5-31-23)27(35)34-14-16-1-2-24-18(7-16)3-6-32-26(24)30;2-1-4-3;;;/h2*1-8,10-12,14H,9,13H2,(H2,29,32)(H2,30,35)(H,34,36);1-9,11-12,15H,10,14H2,(H2,30,32)(H,34,35);1,3H;;;/q;;;;2*+1;-1/p-1. The Kier molecular flexibility index (Phi) is 29.5. The van der Waals surface area contributed by atoms with E-state index in [1.165, 1.54) is 18.6 Å². The Bertz CT molecular complexity index is 5990. The van der Waals surface area contributed by atoms with Gasteiger partial charge in [0, 0.05) is 161 Å². The minimum Gasteiger partial charge on any atom is -1.00 e. The second-order valence-electron chi connectivity index (χ2n) is 25.1. The Labute approximate surface area is 746 Å². The van der Waals surface area contributed by atoms with Crippen molar-refractivity contribution in [2.75, 3.05) is 17.2 Å². The second-order valence-corrected chi connectivity index (χ2v) is 26.4. The third-order valence-corrected chi connectivity index (χ3v) is 18.1. The van der Waals surface area contributed by atoms with Crippen LogP contribution >= 0.6 is 34.8 Å². The molecule has 0 radical (unpaired) electrons. The summed E-state index contributed by atoms with van der Waals surface area (Å²) in [7, 11) is 0. The third kappa shape index (κ3) is 21.8. The van der Waals surface area contributed by atoms with Gasteiger partial charge in [0.05, 0.1) is 48.3 Å². The van der Waals surface area contributed by atoms with Crippen molar-refractivity contribution in [1.29, 1.82) is 5.26 Å². The first-order valence-electron chi connectivity index (χ1n) is 33.7. The number of halogens is 3. The van der Waals surface area contributed by atoms with E-state index in [-0.39, 0.29) is 128 Å². The van der Waals surface area contributed by atoms with Gasteiger partial charge in [0.15, 0.2) is 0 Å². The first-order chi connectivity index (χ1) is 53.6. The van der Waals surface area contributed by atoms with Crippen molar-refractivity contribution in [1.82, 2.24) is 60.8 Å². The molecule has 6 aromatic carbocycles. The molecule has 13 N–H and O–H groups in total. The summed E-state index contributed by atoms with van der Waals surface area (Å²) in [5.41, 5.74) is 40.4. The molecule has 0 saturated heterocycles. The van der Waals surface area contributed by atoms with Crippen LogP contribution in [0, 0.1) is 11.3 Å². The number of hydrogen-bond donors (Lipinski definition) is 8. The Hall–Kier alpha value is -11.0. The Morgan fingerprint density at radius 2 is 0.708 bits per heavy atom. The van der Waals surface area contributed by atoms with Crippen LogP contribution in [0.15, 0.2) is 220 Å². The molecule has 26 nitrogen and oxygen atoms in total. The summed E-state index contributed by atoms with van der Waals surface area (Å²) >= 11 is 18.3. The predicted molar refractivity (Wildman–Crippen MR) is 423 cm³/mol. The Morgan fingerprint density at radius 3 is 1.03 bits per heavy atom. The maximum absolute atomic E-state index is 12.8. The van der Waals surface area contributed by atoms with E-state index < -0.39 is 11.8 Å². The van der Waals surface area contributed by atoms with Crippen molar-refractivity contribution >= 4 is 153 Å². The van der Waals surface area contributed by atoms with Crippen LogP contribution in [-0.2, 0) is 48.6 Å². The molecule has 0 atom stereocenters. The van der Waals surface area contributed by atoms with E-state index in [9.17, 15) is 29.2 Å². The molecule has 0 bridgehead atoms. The number of nitrogens with two attached hydrogens (primary N) is 5. The molecule has 0 aliphatic carbocycles. The molecule has 0 aliphatic rings. The summed E-state index contributed by atoms with van der Waals surface area (Å²) in [6.07, 6.45) is 15.5. The molecule has 15 rings (SSSR count). The molecule has 552 valence electrons. The van der Waals surface area contributed by atoms with Crippen molar-refractivity contribution < 1.29 is 143 Å². The van der Waals surface area contributed by atoms with Crippen LogP contribution in [-0.4, -0.2) is 80.9 Å². The van der Waals surface area contributed by atoms with E-state index in [0.29, 0.717) is 149 Å². The van der Waals surface area contributed by atoms with E-state index in [1.807, 2.05) is 91.0 Å². The Balaban J connectivity index is 0.000000189. The Morgan fingerprint density at radius 1 is 0.407 bits per heavy atom. The molecule has 113 heavy (non-hydrogen) atoms. The first-order valence-corrected chi connectivity index (χ1v) is 34.8. The van der Waals surface area contributed by atoms with Crippen molar-refractivity contribution in [2.24, 2.45) is 11.5 Å². The van der Waals surface area contributed by atoms with Crippen molar-refractivity contribution in [3.63, 3.8) is 0 Å². The minimum atomic E-state index is -0.578. The number of rotatable bonds is 18. The van der Waals surface area contributed by atoms with E-state index in [2.05, 4.69) is 71.8 Å². The van der Waals surface area contributed by atoms with E-state index in [1.54, 1.807) is 110 Å². The third-order valence-electron chi connectivity index (χ3n) is 17.4. The summed E-state index contributed by atoms with van der Waals surface area (Å²) < 4.78 is 0. The van der Waals surface area contributed by atoms with Crippen LogP contribution in [0.1, 0.15) is 109 Å². The molecule has 0 fully saturated rings. The van der Waals surface area contributed by atoms with Gasteiger partial charge in [-0.05, 0) is 177 Å². The van der Waals surface area contributed by atoms with Crippen LogP contribution in [0.25, 0.3) is 65.0 Å². The largest absolute Gasteiger partial charge is 1.00 e. The molecule has 15 aromatic rings. The fourth-order valence-corrected chi connectivity index (χ4v) is 12.8.